The molecule has 0 aromatic heterocycles. The summed E-state index contributed by atoms with van der Waals surface area (Å²) in [6.07, 6.45) is -0.255. The molecule has 2 atom stereocenters. The first kappa shape index (κ1) is 11.4. The highest BCUT2D eigenvalue weighted by Gasteiger charge is 2.20. The molecule has 2 unspecified atom stereocenters. The van der Waals surface area contributed by atoms with Crippen molar-refractivity contribution in [3.63, 3.8) is 0 Å². The monoisotopic (exact) mass is 197 g/mol. The van der Waals surface area contributed by atoms with Crippen LogP contribution in [0.15, 0.2) is 0 Å². The van der Waals surface area contributed by atoms with E-state index >= 15 is 0 Å². The molecular formula is C10H19N3O. The van der Waals surface area contributed by atoms with Crippen LogP contribution < -0.4 is 0 Å². The third-order valence-electron chi connectivity index (χ3n) is 2.66. The maximum absolute atomic E-state index is 9.22. The minimum Gasteiger partial charge on any atom is -0.392 e. The molecule has 14 heavy (non-hydrogen) atoms. The smallest absolute Gasteiger partial charge is 0.0950 e. The molecule has 0 aromatic carbocycles. The SMILES string of the molecule is CC(O)CN1CCN(C(C)C#N)CC1. The Morgan fingerprint density at radius 1 is 1.29 bits per heavy atom. The lowest BCUT2D eigenvalue weighted by Gasteiger charge is -2.36. The summed E-state index contributed by atoms with van der Waals surface area (Å²) < 4.78 is 0. The van der Waals surface area contributed by atoms with Gasteiger partial charge in [0.25, 0.3) is 0 Å². The molecule has 1 N–H and O–H groups in total. The van der Waals surface area contributed by atoms with Crippen LogP contribution in [0.4, 0.5) is 0 Å². The van der Waals surface area contributed by atoms with Crippen molar-refractivity contribution in [2.24, 2.45) is 0 Å². The van der Waals surface area contributed by atoms with Crippen molar-refractivity contribution < 1.29 is 5.11 Å². The Kier molecular flexibility index (Phi) is 4.33. The van der Waals surface area contributed by atoms with Crippen LogP contribution in [0.5, 0.6) is 0 Å². The van der Waals surface area contributed by atoms with Crippen LogP contribution in [0.3, 0.4) is 0 Å². The van der Waals surface area contributed by atoms with Gasteiger partial charge in [-0.25, -0.2) is 0 Å². The lowest BCUT2D eigenvalue weighted by molar-refractivity contribution is 0.0745. The van der Waals surface area contributed by atoms with Crippen LogP contribution in [0.1, 0.15) is 13.8 Å². The first-order valence-electron chi connectivity index (χ1n) is 5.17. The van der Waals surface area contributed by atoms with Crippen molar-refractivity contribution in [1.82, 2.24) is 9.80 Å². The van der Waals surface area contributed by atoms with E-state index in [-0.39, 0.29) is 12.1 Å². The largest absolute Gasteiger partial charge is 0.392 e. The molecule has 1 fully saturated rings. The second kappa shape index (κ2) is 5.30. The molecule has 0 radical (unpaired) electrons. The van der Waals surface area contributed by atoms with Crippen LogP contribution >= 0.6 is 0 Å². The lowest BCUT2D eigenvalue weighted by Crippen LogP contribution is -2.50. The fraction of sp³-hybridized carbons (Fsp3) is 0.900. The predicted molar refractivity (Wildman–Crippen MR) is 54.8 cm³/mol. The zero-order chi connectivity index (χ0) is 10.6. The van der Waals surface area contributed by atoms with Gasteiger partial charge in [0.15, 0.2) is 0 Å². The van der Waals surface area contributed by atoms with Gasteiger partial charge in [0.05, 0.1) is 18.2 Å². The minimum atomic E-state index is -0.255. The number of hydrogen-bond donors (Lipinski definition) is 1. The highest BCUT2D eigenvalue weighted by Crippen LogP contribution is 2.05. The summed E-state index contributed by atoms with van der Waals surface area (Å²) in [5.74, 6) is 0. The molecule has 0 amide bonds. The number of nitriles is 1. The number of aliphatic hydroxyl groups excluding tert-OH is 1. The van der Waals surface area contributed by atoms with Gasteiger partial charge in [0.2, 0.25) is 0 Å². The van der Waals surface area contributed by atoms with Crippen molar-refractivity contribution in [1.29, 1.82) is 5.26 Å². The maximum atomic E-state index is 9.22. The van der Waals surface area contributed by atoms with Crippen LogP contribution in [-0.2, 0) is 0 Å². The highest BCUT2D eigenvalue weighted by atomic mass is 16.3. The zero-order valence-electron chi connectivity index (χ0n) is 8.98. The van der Waals surface area contributed by atoms with E-state index in [1.165, 1.54) is 0 Å². The number of hydrogen-bond acceptors (Lipinski definition) is 4. The molecule has 0 spiro atoms. The van der Waals surface area contributed by atoms with Gasteiger partial charge >= 0.3 is 0 Å². The molecule has 0 saturated carbocycles. The predicted octanol–water partition coefficient (Wildman–Crippen LogP) is -0.103. The second-order valence-electron chi connectivity index (χ2n) is 3.99. The van der Waals surface area contributed by atoms with Gasteiger partial charge in [0.1, 0.15) is 0 Å². The summed E-state index contributed by atoms with van der Waals surface area (Å²) in [6.45, 7) is 8.26. The van der Waals surface area contributed by atoms with E-state index in [1.54, 1.807) is 0 Å². The first-order chi connectivity index (χ1) is 6.63. The Balaban J connectivity index is 2.28. The van der Waals surface area contributed by atoms with Crippen LogP contribution in [0.25, 0.3) is 0 Å². The molecule has 0 aliphatic carbocycles. The number of aliphatic hydroxyl groups is 1. The summed E-state index contributed by atoms with van der Waals surface area (Å²) in [5, 5.41) is 18.0. The average Bonchev–Trinajstić information content (AvgIpc) is 2.17. The molecule has 1 saturated heterocycles. The number of β-amino-alcohol motifs (C(OH)–C–C–N with tert-alkyl or cyclic N) is 1. The molecule has 4 heteroatoms. The van der Waals surface area contributed by atoms with Crippen molar-refractivity contribution in [3.05, 3.63) is 0 Å². The summed E-state index contributed by atoms with van der Waals surface area (Å²) in [4.78, 5) is 4.42. The Bertz CT molecular complexity index is 204. The molecule has 1 rings (SSSR count). The fourth-order valence-electron chi connectivity index (χ4n) is 1.79. The summed E-state index contributed by atoms with van der Waals surface area (Å²) >= 11 is 0. The van der Waals surface area contributed by atoms with Gasteiger partial charge in [-0.15, -0.1) is 0 Å². The lowest BCUT2D eigenvalue weighted by atomic mass is 10.2. The first-order valence-corrected chi connectivity index (χ1v) is 5.17. The van der Waals surface area contributed by atoms with Gasteiger partial charge < -0.3 is 5.11 Å². The van der Waals surface area contributed by atoms with E-state index in [4.69, 9.17) is 5.26 Å². The van der Waals surface area contributed by atoms with E-state index in [1.807, 2.05) is 13.8 Å². The molecule has 4 nitrogen and oxygen atoms in total. The van der Waals surface area contributed by atoms with Gasteiger partial charge in [-0.3, -0.25) is 9.80 Å². The zero-order valence-corrected chi connectivity index (χ0v) is 8.98. The number of piperazine rings is 1. The quantitative estimate of drug-likeness (QED) is 0.686. The second-order valence-corrected chi connectivity index (χ2v) is 3.99. The summed E-state index contributed by atoms with van der Waals surface area (Å²) in [6, 6.07) is 2.27. The van der Waals surface area contributed by atoms with Crippen molar-refractivity contribution >= 4 is 0 Å². The molecule has 0 aromatic rings. The Labute approximate surface area is 85.7 Å². The fourth-order valence-corrected chi connectivity index (χ4v) is 1.79. The number of rotatable bonds is 3. The van der Waals surface area contributed by atoms with Crippen LogP contribution in [0.2, 0.25) is 0 Å². The standard InChI is InChI=1S/C10H19N3O/c1-9(7-11)13-5-3-12(4-6-13)8-10(2)14/h9-10,14H,3-6,8H2,1-2H3. The van der Waals surface area contributed by atoms with Gasteiger partial charge in [0, 0.05) is 32.7 Å². The summed E-state index contributed by atoms with van der Waals surface area (Å²) in [5.41, 5.74) is 0. The Morgan fingerprint density at radius 3 is 2.29 bits per heavy atom. The van der Waals surface area contributed by atoms with Gasteiger partial charge in [-0.2, -0.15) is 5.26 Å². The molecule has 80 valence electrons. The molecule has 0 bridgehead atoms. The maximum Gasteiger partial charge on any atom is 0.0950 e. The topological polar surface area (TPSA) is 50.5 Å². The number of nitrogens with zero attached hydrogens (tertiary/aromatic N) is 3. The Hall–Kier alpha value is -0.630. The van der Waals surface area contributed by atoms with E-state index < -0.39 is 0 Å². The van der Waals surface area contributed by atoms with Crippen LogP contribution in [0, 0.1) is 11.3 Å². The Morgan fingerprint density at radius 2 is 1.86 bits per heavy atom. The van der Waals surface area contributed by atoms with Crippen molar-refractivity contribution in [3.8, 4) is 6.07 Å². The highest BCUT2D eigenvalue weighted by molar-refractivity contribution is 4.90. The molecule has 1 aliphatic rings. The summed E-state index contributed by atoms with van der Waals surface area (Å²) in [7, 11) is 0. The van der Waals surface area contributed by atoms with Gasteiger partial charge in [-0.05, 0) is 13.8 Å². The third-order valence-corrected chi connectivity index (χ3v) is 2.66. The minimum absolute atomic E-state index is 0.0173. The third kappa shape index (κ3) is 3.26. The van der Waals surface area contributed by atoms with Crippen molar-refractivity contribution in [2.75, 3.05) is 32.7 Å². The average molecular weight is 197 g/mol. The van der Waals surface area contributed by atoms with Gasteiger partial charge in [-0.1, -0.05) is 0 Å². The van der Waals surface area contributed by atoms with E-state index in [2.05, 4.69) is 15.9 Å². The molecular weight excluding hydrogens is 178 g/mol. The van der Waals surface area contributed by atoms with E-state index in [9.17, 15) is 5.11 Å². The normalized spacial score (nSPS) is 24.1. The molecule has 1 heterocycles. The van der Waals surface area contributed by atoms with Crippen molar-refractivity contribution in [2.45, 2.75) is 26.0 Å². The van der Waals surface area contributed by atoms with E-state index in [0.29, 0.717) is 0 Å². The van der Waals surface area contributed by atoms with Crippen LogP contribution in [-0.4, -0.2) is 59.8 Å². The van der Waals surface area contributed by atoms with E-state index in [0.717, 1.165) is 32.7 Å². The molecule has 1 aliphatic heterocycles.